The highest BCUT2D eigenvalue weighted by molar-refractivity contribution is 6.00. The lowest BCUT2D eigenvalue weighted by molar-refractivity contribution is -0.120. The van der Waals surface area contributed by atoms with Crippen LogP contribution in [-0.2, 0) is 11.2 Å². The van der Waals surface area contributed by atoms with Crippen molar-refractivity contribution in [2.45, 2.75) is 79.1 Å². The quantitative estimate of drug-likeness (QED) is 0.326. The molecule has 0 amide bonds. The molecule has 2 unspecified atom stereocenters. The van der Waals surface area contributed by atoms with Crippen molar-refractivity contribution < 1.29 is 4.79 Å². The van der Waals surface area contributed by atoms with Gasteiger partial charge in [0.25, 0.3) is 0 Å². The van der Waals surface area contributed by atoms with Crippen molar-refractivity contribution in [2.75, 3.05) is 12.4 Å². The molecular weight excluding hydrogens is 486 g/mol. The van der Waals surface area contributed by atoms with Gasteiger partial charge in [-0.15, -0.1) is 0 Å². The highest BCUT2D eigenvalue weighted by Crippen LogP contribution is 2.44. The lowest BCUT2D eigenvalue weighted by atomic mass is 9.72. The molecule has 0 bridgehead atoms. The van der Waals surface area contributed by atoms with Crippen molar-refractivity contribution in [1.82, 2.24) is 0 Å². The molecule has 0 radical (unpaired) electrons. The highest BCUT2D eigenvalue weighted by Gasteiger charge is 2.37. The molecule has 3 aromatic carbocycles. The van der Waals surface area contributed by atoms with Gasteiger partial charge in [0.1, 0.15) is 0 Å². The maximum absolute atomic E-state index is 14.4. The summed E-state index contributed by atoms with van der Waals surface area (Å²) in [5, 5.41) is 3.20. The fourth-order valence-corrected chi connectivity index (χ4v) is 6.16. The number of rotatable bonds is 7. The monoisotopic (exact) mass is 535 g/mol. The Morgan fingerprint density at radius 2 is 1.38 bits per heavy atom. The van der Waals surface area contributed by atoms with Gasteiger partial charge < -0.3 is 5.32 Å². The molecule has 0 spiro atoms. The largest absolute Gasteiger partial charge is 0.388 e. The van der Waals surface area contributed by atoms with E-state index in [0.717, 1.165) is 49.8 Å². The molecule has 40 heavy (non-hydrogen) atoms. The van der Waals surface area contributed by atoms with E-state index in [2.05, 4.69) is 103 Å². The van der Waals surface area contributed by atoms with Gasteiger partial charge in [-0.25, -0.2) is 0 Å². The van der Waals surface area contributed by atoms with Crippen molar-refractivity contribution >= 4 is 11.5 Å². The van der Waals surface area contributed by atoms with Gasteiger partial charge in [-0.3, -0.25) is 4.79 Å². The van der Waals surface area contributed by atoms with E-state index in [4.69, 9.17) is 0 Å². The maximum atomic E-state index is 14.4. The minimum atomic E-state index is -0.0674. The Morgan fingerprint density at radius 3 is 1.90 bits per heavy atom. The lowest BCUT2D eigenvalue weighted by Crippen LogP contribution is -2.27. The lowest BCUT2D eigenvalue weighted by Gasteiger charge is -2.30. The number of benzene rings is 3. The van der Waals surface area contributed by atoms with Gasteiger partial charge in [0.15, 0.2) is 5.78 Å². The molecule has 0 saturated carbocycles. The van der Waals surface area contributed by atoms with Crippen molar-refractivity contribution in [3.8, 4) is 0 Å². The predicted octanol–water partition coefficient (Wildman–Crippen LogP) is 10.2. The van der Waals surface area contributed by atoms with Gasteiger partial charge in [0.05, 0.1) is 0 Å². The second-order valence-electron chi connectivity index (χ2n) is 10.4. The first kappa shape index (κ1) is 31.1. The van der Waals surface area contributed by atoms with Crippen LogP contribution in [0.5, 0.6) is 0 Å². The molecule has 2 heteroatoms. The number of allylic oxidation sites excluding steroid dienone is 4. The summed E-state index contributed by atoms with van der Waals surface area (Å²) in [5.74, 6) is 0.883. The Morgan fingerprint density at radius 1 is 0.800 bits per heavy atom. The zero-order valence-corrected chi connectivity index (χ0v) is 25.5. The van der Waals surface area contributed by atoms with Crippen LogP contribution in [0.15, 0.2) is 108 Å². The molecule has 0 aromatic heterocycles. The van der Waals surface area contributed by atoms with Crippen LogP contribution in [0.2, 0.25) is 0 Å². The van der Waals surface area contributed by atoms with Crippen molar-refractivity contribution in [3.05, 3.63) is 124 Å². The summed E-state index contributed by atoms with van der Waals surface area (Å²) in [6, 6.07) is 30.1. The minimum Gasteiger partial charge on any atom is -0.388 e. The van der Waals surface area contributed by atoms with E-state index in [-0.39, 0.29) is 11.8 Å². The summed E-state index contributed by atoms with van der Waals surface area (Å²) in [6.07, 6.45) is 8.31. The van der Waals surface area contributed by atoms with E-state index in [1.165, 1.54) is 27.8 Å². The molecule has 212 valence electrons. The summed E-state index contributed by atoms with van der Waals surface area (Å²) < 4.78 is 0. The Balaban J connectivity index is 0.00000106. The van der Waals surface area contributed by atoms with Crippen molar-refractivity contribution in [2.24, 2.45) is 11.8 Å². The van der Waals surface area contributed by atoms with Crippen LogP contribution in [0.3, 0.4) is 0 Å². The molecule has 2 aliphatic carbocycles. The summed E-state index contributed by atoms with van der Waals surface area (Å²) in [5.41, 5.74) is 8.79. The van der Waals surface area contributed by atoms with E-state index in [1.807, 2.05) is 34.7 Å². The molecule has 0 saturated heterocycles. The first-order chi connectivity index (χ1) is 19.7. The third-order valence-corrected chi connectivity index (χ3v) is 8.14. The van der Waals surface area contributed by atoms with Crippen LogP contribution in [0.25, 0.3) is 0 Å². The molecule has 3 aromatic rings. The van der Waals surface area contributed by atoms with Crippen molar-refractivity contribution in [3.63, 3.8) is 0 Å². The summed E-state index contributed by atoms with van der Waals surface area (Å²) in [4.78, 5) is 14.4. The molecular formula is C38H49NO. The van der Waals surface area contributed by atoms with Crippen LogP contribution in [-0.4, -0.2) is 12.8 Å². The average molecular weight is 536 g/mol. The van der Waals surface area contributed by atoms with Gasteiger partial charge in [-0.05, 0) is 84.4 Å². The number of nitrogens with one attached hydrogen (secondary N) is 1. The second-order valence-corrected chi connectivity index (χ2v) is 10.4. The van der Waals surface area contributed by atoms with E-state index < -0.39 is 0 Å². The van der Waals surface area contributed by atoms with Gasteiger partial charge in [-0.2, -0.15) is 0 Å². The van der Waals surface area contributed by atoms with Gasteiger partial charge >= 0.3 is 0 Å². The van der Waals surface area contributed by atoms with Crippen LogP contribution in [0.4, 0.5) is 5.69 Å². The molecule has 0 fully saturated rings. The van der Waals surface area contributed by atoms with Crippen LogP contribution in [0.1, 0.15) is 89.3 Å². The van der Waals surface area contributed by atoms with Crippen LogP contribution < -0.4 is 5.32 Å². The molecule has 1 N–H and O–H groups in total. The Hall–Kier alpha value is -3.39. The van der Waals surface area contributed by atoms with E-state index in [0.29, 0.717) is 11.7 Å². The first-order valence-electron chi connectivity index (χ1n) is 15.5. The standard InChI is InChI=1S/C34H37NO.2C2H6/c1-3-24-21-29-17-14-26(20-25-15-18-30(35-2)19-16-25)23-31(29)34(36)32(22-24)33(27-10-6-4-7-11-27)28-12-8-5-9-13-28;2*1-2/h4-13,15-16,18-19,21,26,32-33,35H,3,14,17,20,22-23H2,1-2H3;2*1-2H3. The predicted molar refractivity (Wildman–Crippen MR) is 173 cm³/mol. The number of anilines is 1. The third kappa shape index (κ3) is 7.62. The van der Waals surface area contributed by atoms with E-state index in [1.54, 1.807) is 0 Å². The van der Waals surface area contributed by atoms with Gasteiger partial charge in [0.2, 0.25) is 0 Å². The molecule has 0 aliphatic heterocycles. The Kier molecular flexibility index (Phi) is 12.5. The Bertz CT molecular complexity index is 1200. The molecule has 2 atom stereocenters. The van der Waals surface area contributed by atoms with E-state index in [9.17, 15) is 4.79 Å². The van der Waals surface area contributed by atoms with Crippen LogP contribution in [0, 0.1) is 11.8 Å². The fourth-order valence-electron chi connectivity index (χ4n) is 6.16. The zero-order chi connectivity index (χ0) is 28.9. The third-order valence-electron chi connectivity index (χ3n) is 8.14. The highest BCUT2D eigenvalue weighted by atomic mass is 16.1. The molecule has 2 nitrogen and oxygen atoms in total. The second kappa shape index (κ2) is 16.0. The Labute approximate surface area is 243 Å². The number of hydrogen-bond donors (Lipinski definition) is 1. The van der Waals surface area contributed by atoms with Gasteiger partial charge in [-0.1, -0.05) is 119 Å². The fraction of sp³-hybridized carbons (Fsp3) is 0.395. The molecule has 2 aliphatic rings. The number of ketones is 1. The normalized spacial score (nSPS) is 18.4. The first-order valence-corrected chi connectivity index (χ1v) is 15.5. The maximum Gasteiger partial charge on any atom is 0.163 e. The number of hydrogen-bond acceptors (Lipinski definition) is 2. The average Bonchev–Trinajstić information content (AvgIpc) is 3.17. The van der Waals surface area contributed by atoms with Crippen molar-refractivity contribution in [1.29, 1.82) is 0 Å². The summed E-state index contributed by atoms with van der Waals surface area (Å²) >= 11 is 0. The van der Waals surface area contributed by atoms with E-state index >= 15 is 0 Å². The SMILES string of the molecule is CC.CC.CCC1=CC2=C(CC(Cc3ccc(NC)cc3)CC2)C(=O)C(C(c2ccccc2)c2ccccc2)C1. The van der Waals surface area contributed by atoms with Gasteiger partial charge in [0, 0.05) is 24.6 Å². The number of Topliss-reactive ketones (excluding diaryl/α,β-unsaturated/α-hetero) is 1. The minimum absolute atomic E-state index is 0.0659. The smallest absolute Gasteiger partial charge is 0.163 e. The summed E-state index contributed by atoms with van der Waals surface area (Å²) in [6.45, 7) is 10.2. The number of carbonyl (C=O) groups is 1. The van der Waals surface area contributed by atoms with Crippen LogP contribution >= 0.6 is 0 Å². The zero-order valence-electron chi connectivity index (χ0n) is 25.5. The number of carbonyl (C=O) groups excluding carboxylic acids is 1. The topological polar surface area (TPSA) is 29.1 Å². The molecule has 5 rings (SSSR count). The summed E-state index contributed by atoms with van der Waals surface area (Å²) in [7, 11) is 1.95. The molecule has 0 heterocycles.